The molecule has 4 saturated carbocycles. The Hall–Kier alpha value is -1.62. The molecule has 5 aliphatic heterocycles. The largest absolute Gasteiger partial charge is 0.326 e. The van der Waals surface area contributed by atoms with E-state index < -0.39 is 0 Å². The maximum atomic E-state index is 8.03. The first kappa shape index (κ1) is 50.5. The third kappa shape index (κ3) is 8.53. The molecule has 6 nitrogen and oxygen atoms in total. The molecule has 5 saturated heterocycles. The lowest BCUT2D eigenvalue weighted by Crippen LogP contribution is -2.60. The molecule has 2 aromatic carbocycles. The molecule has 9 fully saturated rings. The van der Waals surface area contributed by atoms with Crippen LogP contribution in [0.5, 0.6) is 0 Å². The highest BCUT2D eigenvalue weighted by atomic mass is 32.1. The van der Waals surface area contributed by atoms with E-state index in [-0.39, 0.29) is 93.7 Å². The lowest BCUT2D eigenvalue weighted by atomic mass is 9.57. The minimum absolute atomic E-state index is 0.0153. The molecule has 5 heterocycles. The van der Waals surface area contributed by atoms with E-state index in [1.165, 1.54) is 107 Å². The molecule has 0 amide bonds. The molecule has 8 heteroatoms. The number of benzene rings is 2. The van der Waals surface area contributed by atoms with Crippen LogP contribution < -0.4 is 32.7 Å². The van der Waals surface area contributed by atoms with E-state index in [1.54, 1.807) is 0 Å². The molecule has 20 atom stereocenters. The van der Waals surface area contributed by atoms with Crippen molar-refractivity contribution in [3.05, 3.63) is 69.8 Å². The van der Waals surface area contributed by atoms with Crippen molar-refractivity contribution in [2.24, 2.45) is 58.8 Å². The van der Waals surface area contributed by atoms with E-state index >= 15 is 0 Å². The van der Waals surface area contributed by atoms with E-state index in [9.17, 15) is 0 Å². The zero-order valence-corrected chi connectivity index (χ0v) is 47.1. The van der Waals surface area contributed by atoms with Crippen molar-refractivity contribution in [3.63, 3.8) is 0 Å². The summed E-state index contributed by atoms with van der Waals surface area (Å²) in [6, 6.07) is 17.5. The molecule has 384 valence electrons. The fraction of sp³-hybridized carbons (Fsp3) is 0.774. The third-order valence-electron chi connectivity index (χ3n) is 21.2. The van der Waals surface area contributed by atoms with E-state index in [0.717, 1.165) is 12.8 Å². The fourth-order valence-electron chi connectivity index (χ4n) is 17.6. The van der Waals surface area contributed by atoms with Crippen LogP contribution in [0.4, 0.5) is 0 Å². The van der Waals surface area contributed by atoms with Crippen LogP contribution in [0.2, 0.25) is 0 Å². The first-order chi connectivity index (χ1) is 32.9. The zero-order chi connectivity index (χ0) is 49.7. The van der Waals surface area contributed by atoms with Crippen LogP contribution >= 0.6 is 24.4 Å². The number of hydrogen-bond acceptors (Lipinski definition) is 8. The number of rotatable bonds is 2. The van der Waals surface area contributed by atoms with Gasteiger partial charge in [0.1, 0.15) is 0 Å². The van der Waals surface area contributed by atoms with Gasteiger partial charge in [0, 0.05) is 93.8 Å². The Labute approximate surface area is 435 Å². The van der Waals surface area contributed by atoms with Gasteiger partial charge in [0.25, 0.3) is 0 Å². The number of thiocarbonyl (C=S) groups is 2. The van der Waals surface area contributed by atoms with Gasteiger partial charge in [-0.25, -0.2) is 0 Å². The minimum Gasteiger partial charge on any atom is -0.326 e. The lowest BCUT2D eigenvalue weighted by molar-refractivity contribution is 0.0991. The summed E-state index contributed by atoms with van der Waals surface area (Å²) in [5, 5.41) is 18.4. The highest BCUT2D eigenvalue weighted by molar-refractivity contribution is 7.80. The Morgan fingerprint density at radius 3 is 1.03 bits per heavy atom. The standard InChI is InChI=1S/C62H94N6S2/c1-59(2,3)33-25-31(26-34(29-33)60(4,5)6)45-41-21-23-43(65-41)47-37-17-13-16-20-40(37)58(70)50-52(64)56(68-54(47)50)46(32-27-35(61(7,8)9)30-36(28-32)62(10,11)12)42-22-24-44(66-42)48-38-18-14-15-19-39(38)57(69)49-51(63)55(45)67-53(48)49/h25-30,37-56,65-68H,13-24,63-64H2,1-12H3. The maximum Gasteiger partial charge on any atom is 0.0312 e. The fourth-order valence-corrected chi connectivity index (χ4v) is 18.8. The minimum atomic E-state index is -0.0449. The predicted molar refractivity (Wildman–Crippen MR) is 300 cm³/mol. The zero-order valence-electron chi connectivity index (χ0n) is 45.5. The quantitative estimate of drug-likeness (QED) is 0.166. The van der Waals surface area contributed by atoms with Gasteiger partial charge in [-0.15, -0.1) is 0 Å². The van der Waals surface area contributed by atoms with Gasteiger partial charge in [0.15, 0.2) is 0 Å². The molecule has 0 spiro atoms. The first-order valence-electron chi connectivity index (χ1n) is 28.8. The number of hydrogen-bond donors (Lipinski definition) is 6. The molecule has 8 N–H and O–H groups in total. The van der Waals surface area contributed by atoms with Crippen molar-refractivity contribution in [2.75, 3.05) is 0 Å². The van der Waals surface area contributed by atoms with Gasteiger partial charge in [-0.05, 0) is 142 Å². The lowest BCUT2D eigenvalue weighted by Gasteiger charge is -2.51. The van der Waals surface area contributed by atoms with E-state index in [1.807, 2.05) is 0 Å². The number of fused-ring (bicyclic) bond motifs is 12. The van der Waals surface area contributed by atoms with Gasteiger partial charge in [0.05, 0.1) is 0 Å². The average molecular weight is 988 g/mol. The van der Waals surface area contributed by atoms with Crippen LogP contribution in [0.1, 0.15) is 205 Å². The van der Waals surface area contributed by atoms with Crippen LogP contribution in [0.15, 0.2) is 36.4 Å². The molecule has 8 bridgehead atoms. The van der Waals surface area contributed by atoms with Crippen LogP contribution in [-0.4, -0.2) is 70.1 Å². The molecular formula is C62H94N6S2. The van der Waals surface area contributed by atoms with Gasteiger partial charge in [-0.2, -0.15) is 0 Å². The molecule has 70 heavy (non-hydrogen) atoms. The van der Waals surface area contributed by atoms with Crippen LogP contribution in [0, 0.1) is 47.3 Å². The van der Waals surface area contributed by atoms with Crippen molar-refractivity contribution >= 4 is 34.2 Å². The van der Waals surface area contributed by atoms with Gasteiger partial charge in [-0.1, -0.05) is 170 Å². The van der Waals surface area contributed by atoms with Crippen molar-refractivity contribution in [1.29, 1.82) is 0 Å². The summed E-state index contributed by atoms with van der Waals surface area (Å²) in [4.78, 5) is 2.62. The average Bonchev–Trinajstić information content (AvgIpc) is 4.10. The van der Waals surface area contributed by atoms with Crippen molar-refractivity contribution in [1.82, 2.24) is 21.3 Å². The maximum absolute atomic E-state index is 8.03. The number of nitrogens with two attached hydrogens (primary N) is 2. The third-order valence-corrected chi connectivity index (χ3v) is 22.3. The smallest absolute Gasteiger partial charge is 0.0312 e. The van der Waals surface area contributed by atoms with E-state index in [2.05, 4.69) is 141 Å². The topological polar surface area (TPSA) is 100 Å². The van der Waals surface area contributed by atoms with Crippen LogP contribution in [0.3, 0.4) is 0 Å². The van der Waals surface area contributed by atoms with E-state index in [0.29, 0.717) is 47.6 Å². The molecule has 9 aliphatic rings. The summed E-state index contributed by atoms with van der Waals surface area (Å²) < 4.78 is 0. The second kappa shape index (κ2) is 18.0. The molecular weight excluding hydrogens is 893 g/mol. The Morgan fingerprint density at radius 2 is 0.700 bits per heavy atom. The summed E-state index contributed by atoms with van der Waals surface area (Å²) in [5.74, 6) is 3.82. The van der Waals surface area contributed by atoms with Crippen molar-refractivity contribution < 1.29 is 0 Å². The number of nitrogens with one attached hydrogen (secondary N) is 4. The monoisotopic (exact) mass is 987 g/mol. The Morgan fingerprint density at radius 1 is 0.386 bits per heavy atom. The molecule has 4 aliphatic carbocycles. The molecule has 11 rings (SSSR count). The Bertz CT molecular complexity index is 2100. The molecule has 0 radical (unpaired) electrons. The van der Waals surface area contributed by atoms with Gasteiger partial charge in [0.2, 0.25) is 0 Å². The molecule has 2 aromatic rings. The van der Waals surface area contributed by atoms with Gasteiger partial charge < -0.3 is 32.7 Å². The summed E-state index contributed by atoms with van der Waals surface area (Å²) in [7, 11) is 0. The molecule has 20 unspecified atom stereocenters. The SMILES string of the molecule is CC(C)(C)c1cc(C2C3CCC(N3)C3C4CCCCC4C(=S)C4C(N)C(NC43)C(c3cc(C(C)(C)C)cc(C(C)(C)C)c3)C3CCC(N3)C3C4CCCCC4C(=S)C4C(N)C2NC43)cc(C(C)(C)C)c1. The predicted octanol–water partition coefficient (Wildman–Crippen LogP) is 11.2. The highest BCUT2D eigenvalue weighted by Gasteiger charge is 2.63. The molecule has 0 aromatic heterocycles. The first-order valence-corrected chi connectivity index (χ1v) is 29.7. The Balaban J connectivity index is 1.10. The highest BCUT2D eigenvalue weighted by Crippen LogP contribution is 2.56. The second-order valence-corrected chi connectivity index (χ2v) is 30.3. The summed E-state index contributed by atoms with van der Waals surface area (Å²) >= 11 is 13.7. The van der Waals surface area contributed by atoms with Gasteiger partial charge >= 0.3 is 0 Å². The Kier molecular flexibility index (Phi) is 13.0. The van der Waals surface area contributed by atoms with Crippen molar-refractivity contribution in [2.45, 2.75) is 254 Å². The summed E-state index contributed by atoms with van der Waals surface area (Å²) in [6.07, 6.45) is 14.8. The summed E-state index contributed by atoms with van der Waals surface area (Å²) in [5.41, 5.74) is 24.8. The van der Waals surface area contributed by atoms with Gasteiger partial charge in [-0.3, -0.25) is 0 Å². The van der Waals surface area contributed by atoms with Crippen LogP contribution in [-0.2, 0) is 21.7 Å². The van der Waals surface area contributed by atoms with E-state index in [4.69, 9.17) is 35.9 Å². The van der Waals surface area contributed by atoms with Crippen LogP contribution in [0.25, 0.3) is 0 Å². The summed E-state index contributed by atoms with van der Waals surface area (Å²) in [6.45, 7) is 28.8. The van der Waals surface area contributed by atoms with Crippen molar-refractivity contribution in [3.8, 4) is 0 Å². The normalized spacial score (nSPS) is 43.0. The second-order valence-electron chi connectivity index (χ2n) is 29.4.